The third-order valence-electron chi connectivity index (χ3n) is 5.34. The van der Waals surface area contributed by atoms with Crippen LogP contribution in [-0.2, 0) is 6.42 Å². The maximum atomic E-state index is 5.73. The first-order valence-electron chi connectivity index (χ1n) is 9.96. The van der Waals surface area contributed by atoms with Gasteiger partial charge in [0.25, 0.3) is 5.89 Å². The van der Waals surface area contributed by atoms with Crippen LogP contribution in [0, 0.1) is 0 Å². The topological polar surface area (TPSA) is 71.2 Å². The van der Waals surface area contributed by atoms with Gasteiger partial charge in [-0.3, -0.25) is 0 Å². The van der Waals surface area contributed by atoms with E-state index in [1.807, 2.05) is 25.1 Å². The van der Waals surface area contributed by atoms with Gasteiger partial charge in [0, 0.05) is 49.1 Å². The first-order chi connectivity index (χ1) is 14.3. The summed E-state index contributed by atoms with van der Waals surface area (Å²) in [5, 5.41) is 19.3. The number of piperazine rings is 1. The van der Waals surface area contributed by atoms with Crippen LogP contribution in [0.25, 0.3) is 22.4 Å². The van der Waals surface area contributed by atoms with Crippen molar-refractivity contribution in [3.8, 4) is 11.6 Å². The second-order valence-electron chi connectivity index (χ2n) is 7.08. The van der Waals surface area contributed by atoms with Crippen molar-refractivity contribution in [3.05, 3.63) is 60.5 Å². The standard InChI is InChI=1S/C22H22N6O/c1-2-19-23-26-22(29-19)20-17-10-6-7-11-18(17)21(25-24-20)28-14-12-27(13-15-28)16-8-4-3-5-9-16/h3-11H,2,12-15H2,1H3. The summed E-state index contributed by atoms with van der Waals surface area (Å²) in [6.45, 7) is 5.68. The number of para-hydroxylation sites is 1. The summed E-state index contributed by atoms with van der Waals surface area (Å²) in [6.07, 6.45) is 0.697. The van der Waals surface area contributed by atoms with Gasteiger partial charge in [-0.05, 0) is 12.1 Å². The molecule has 2 aromatic heterocycles. The Balaban J connectivity index is 1.45. The number of aryl methyl sites for hydroxylation is 1. The molecule has 2 aromatic carbocycles. The Morgan fingerprint density at radius 1 is 0.759 bits per heavy atom. The lowest BCUT2D eigenvalue weighted by Crippen LogP contribution is -2.47. The number of fused-ring (bicyclic) bond motifs is 1. The largest absolute Gasteiger partial charge is 0.419 e. The van der Waals surface area contributed by atoms with Crippen LogP contribution in [0.4, 0.5) is 11.5 Å². The number of anilines is 2. The molecular formula is C22H22N6O. The molecule has 0 radical (unpaired) electrons. The molecule has 0 amide bonds. The van der Waals surface area contributed by atoms with Crippen LogP contribution in [0.3, 0.4) is 0 Å². The smallest absolute Gasteiger partial charge is 0.268 e. The van der Waals surface area contributed by atoms with Crippen LogP contribution < -0.4 is 9.80 Å². The summed E-state index contributed by atoms with van der Waals surface area (Å²) in [4.78, 5) is 4.72. The van der Waals surface area contributed by atoms with Crippen LogP contribution in [0.1, 0.15) is 12.8 Å². The van der Waals surface area contributed by atoms with Crippen molar-refractivity contribution in [3.63, 3.8) is 0 Å². The lowest BCUT2D eigenvalue weighted by molar-refractivity contribution is 0.511. The van der Waals surface area contributed by atoms with E-state index in [0.29, 0.717) is 23.9 Å². The van der Waals surface area contributed by atoms with Gasteiger partial charge in [-0.25, -0.2) is 0 Å². The molecule has 29 heavy (non-hydrogen) atoms. The monoisotopic (exact) mass is 386 g/mol. The van der Waals surface area contributed by atoms with Gasteiger partial charge >= 0.3 is 0 Å². The van der Waals surface area contributed by atoms with Gasteiger partial charge in [0.15, 0.2) is 11.5 Å². The van der Waals surface area contributed by atoms with E-state index in [2.05, 4.69) is 66.6 Å². The zero-order chi connectivity index (χ0) is 19.6. The van der Waals surface area contributed by atoms with Crippen LogP contribution in [-0.4, -0.2) is 46.6 Å². The van der Waals surface area contributed by atoms with E-state index in [9.17, 15) is 0 Å². The molecule has 1 aliphatic rings. The number of nitrogens with zero attached hydrogens (tertiary/aromatic N) is 6. The van der Waals surface area contributed by atoms with Gasteiger partial charge in [0.2, 0.25) is 5.89 Å². The Bertz CT molecular complexity index is 1120. The van der Waals surface area contributed by atoms with Gasteiger partial charge in [0.1, 0.15) is 0 Å². The van der Waals surface area contributed by atoms with Crippen LogP contribution in [0.2, 0.25) is 0 Å². The zero-order valence-electron chi connectivity index (χ0n) is 16.3. The minimum absolute atomic E-state index is 0.422. The van der Waals surface area contributed by atoms with Gasteiger partial charge < -0.3 is 14.2 Å². The molecular weight excluding hydrogens is 364 g/mol. The van der Waals surface area contributed by atoms with Crippen molar-refractivity contribution in [2.75, 3.05) is 36.0 Å². The van der Waals surface area contributed by atoms with Crippen LogP contribution in [0.15, 0.2) is 59.0 Å². The molecule has 3 heterocycles. The number of hydrogen-bond acceptors (Lipinski definition) is 7. The molecule has 0 saturated carbocycles. The fourth-order valence-corrected chi connectivity index (χ4v) is 3.79. The SMILES string of the molecule is CCc1nnc(-c2nnc(N3CCN(c4ccccc4)CC3)c3ccccc23)o1. The molecule has 0 N–H and O–H groups in total. The number of hydrogen-bond donors (Lipinski definition) is 0. The predicted octanol–water partition coefficient (Wildman–Crippen LogP) is 3.57. The highest BCUT2D eigenvalue weighted by Gasteiger charge is 2.22. The summed E-state index contributed by atoms with van der Waals surface area (Å²) in [5.74, 6) is 1.94. The third-order valence-corrected chi connectivity index (χ3v) is 5.34. The van der Waals surface area contributed by atoms with Gasteiger partial charge in [-0.2, -0.15) is 0 Å². The molecule has 1 saturated heterocycles. The normalized spacial score (nSPS) is 14.5. The Morgan fingerprint density at radius 3 is 2.17 bits per heavy atom. The average molecular weight is 386 g/mol. The van der Waals surface area contributed by atoms with E-state index >= 15 is 0 Å². The molecule has 0 bridgehead atoms. The highest BCUT2D eigenvalue weighted by atomic mass is 16.4. The molecule has 0 spiro atoms. The third kappa shape index (κ3) is 3.29. The molecule has 0 aliphatic carbocycles. The minimum Gasteiger partial charge on any atom is -0.419 e. The van der Waals surface area contributed by atoms with Crippen molar-refractivity contribution < 1.29 is 4.42 Å². The number of aromatic nitrogens is 4. The fraction of sp³-hybridized carbons (Fsp3) is 0.273. The van der Waals surface area contributed by atoms with E-state index < -0.39 is 0 Å². The lowest BCUT2D eigenvalue weighted by Gasteiger charge is -2.37. The summed E-state index contributed by atoms with van der Waals surface area (Å²) in [6, 6.07) is 18.7. The number of benzene rings is 2. The Hall–Kier alpha value is -3.48. The molecule has 4 aromatic rings. The maximum Gasteiger partial charge on any atom is 0.268 e. The molecule has 5 rings (SSSR count). The molecule has 146 valence electrons. The first kappa shape index (κ1) is 17.6. The zero-order valence-corrected chi connectivity index (χ0v) is 16.3. The van der Waals surface area contributed by atoms with E-state index in [-0.39, 0.29) is 0 Å². The van der Waals surface area contributed by atoms with E-state index in [4.69, 9.17) is 4.42 Å². The Labute approximate surface area is 169 Å². The second kappa shape index (κ2) is 7.50. The molecule has 0 unspecified atom stereocenters. The summed E-state index contributed by atoms with van der Waals surface area (Å²) >= 11 is 0. The summed E-state index contributed by atoms with van der Waals surface area (Å²) in [5.41, 5.74) is 1.90. The van der Waals surface area contributed by atoms with Crippen molar-refractivity contribution in [1.82, 2.24) is 20.4 Å². The van der Waals surface area contributed by atoms with Crippen molar-refractivity contribution >= 4 is 22.3 Å². The molecule has 0 atom stereocenters. The van der Waals surface area contributed by atoms with Crippen LogP contribution in [0.5, 0.6) is 0 Å². The van der Waals surface area contributed by atoms with Crippen molar-refractivity contribution in [1.29, 1.82) is 0 Å². The van der Waals surface area contributed by atoms with Crippen molar-refractivity contribution in [2.24, 2.45) is 0 Å². The highest BCUT2D eigenvalue weighted by Crippen LogP contribution is 2.31. The molecule has 7 nitrogen and oxygen atoms in total. The second-order valence-corrected chi connectivity index (χ2v) is 7.08. The van der Waals surface area contributed by atoms with E-state index in [0.717, 1.165) is 42.8 Å². The summed E-state index contributed by atoms with van der Waals surface area (Å²) in [7, 11) is 0. The fourth-order valence-electron chi connectivity index (χ4n) is 3.79. The van der Waals surface area contributed by atoms with Gasteiger partial charge in [-0.15, -0.1) is 20.4 Å². The van der Waals surface area contributed by atoms with Crippen LogP contribution >= 0.6 is 0 Å². The Morgan fingerprint density at radius 2 is 1.45 bits per heavy atom. The Kier molecular flexibility index (Phi) is 4.56. The molecule has 7 heteroatoms. The maximum absolute atomic E-state index is 5.73. The van der Waals surface area contributed by atoms with E-state index in [1.54, 1.807) is 0 Å². The minimum atomic E-state index is 0.422. The van der Waals surface area contributed by atoms with Gasteiger partial charge in [-0.1, -0.05) is 49.4 Å². The lowest BCUT2D eigenvalue weighted by atomic mass is 10.1. The number of rotatable bonds is 4. The summed E-state index contributed by atoms with van der Waals surface area (Å²) < 4.78 is 5.73. The quantitative estimate of drug-likeness (QED) is 0.531. The van der Waals surface area contributed by atoms with Gasteiger partial charge in [0.05, 0.1) is 0 Å². The van der Waals surface area contributed by atoms with Crippen molar-refractivity contribution in [2.45, 2.75) is 13.3 Å². The average Bonchev–Trinajstić information content (AvgIpc) is 3.28. The molecule has 1 fully saturated rings. The van der Waals surface area contributed by atoms with E-state index in [1.165, 1.54) is 5.69 Å². The highest BCUT2D eigenvalue weighted by molar-refractivity contribution is 5.99. The molecule has 1 aliphatic heterocycles. The first-order valence-corrected chi connectivity index (χ1v) is 9.96. The predicted molar refractivity (Wildman–Crippen MR) is 113 cm³/mol.